The summed E-state index contributed by atoms with van der Waals surface area (Å²) < 4.78 is 6.97. The highest BCUT2D eigenvalue weighted by molar-refractivity contribution is 6.31. The van der Waals surface area contributed by atoms with Gasteiger partial charge in [0.25, 0.3) is 5.91 Å². The molecule has 24 heavy (non-hydrogen) atoms. The normalized spacial score (nSPS) is 10.8. The average molecular weight is 345 g/mol. The summed E-state index contributed by atoms with van der Waals surface area (Å²) in [5.74, 6) is 0.215. The second-order valence-electron chi connectivity index (χ2n) is 5.40. The molecule has 0 atom stereocenters. The Kier molecular flexibility index (Phi) is 4.66. The van der Waals surface area contributed by atoms with Gasteiger partial charge in [0.15, 0.2) is 11.5 Å². The molecular weight excluding hydrogens is 328 g/mol. The summed E-state index contributed by atoms with van der Waals surface area (Å²) in [5, 5.41) is 11.4. The Morgan fingerprint density at radius 3 is 2.75 bits per heavy atom. The molecule has 0 radical (unpaired) electrons. The maximum Gasteiger partial charge on any atom is 0.273 e. The lowest BCUT2D eigenvalue weighted by molar-refractivity contribution is 0.0941. The molecule has 0 aliphatic heterocycles. The van der Waals surface area contributed by atoms with Crippen molar-refractivity contribution in [2.24, 2.45) is 0 Å². The van der Waals surface area contributed by atoms with E-state index in [4.69, 9.17) is 16.1 Å². The Morgan fingerprint density at radius 1 is 1.33 bits per heavy atom. The van der Waals surface area contributed by atoms with Crippen LogP contribution in [0.5, 0.6) is 0 Å². The van der Waals surface area contributed by atoms with Crippen LogP contribution in [0.15, 0.2) is 41.1 Å². The molecule has 1 amide bonds. The molecule has 7 heteroatoms. The first-order valence-electron chi connectivity index (χ1n) is 7.60. The molecule has 1 N–H and O–H groups in total. The fraction of sp³-hybridized carbons (Fsp3) is 0.235. The Bertz CT molecular complexity index is 852. The maximum absolute atomic E-state index is 12.2. The number of carbonyl (C=O) groups is 1. The van der Waals surface area contributed by atoms with Crippen molar-refractivity contribution in [1.82, 2.24) is 20.3 Å². The maximum atomic E-state index is 12.2. The van der Waals surface area contributed by atoms with Crippen LogP contribution in [0.2, 0.25) is 5.02 Å². The van der Waals surface area contributed by atoms with Crippen LogP contribution >= 0.6 is 11.6 Å². The highest BCUT2D eigenvalue weighted by Crippen LogP contribution is 2.21. The summed E-state index contributed by atoms with van der Waals surface area (Å²) in [7, 11) is 0. The van der Waals surface area contributed by atoms with Crippen LogP contribution < -0.4 is 5.32 Å². The van der Waals surface area contributed by atoms with Gasteiger partial charge in [0, 0.05) is 24.4 Å². The van der Waals surface area contributed by atoms with E-state index >= 15 is 0 Å². The van der Waals surface area contributed by atoms with E-state index in [1.165, 1.54) is 0 Å². The zero-order valence-corrected chi connectivity index (χ0v) is 14.2. The van der Waals surface area contributed by atoms with Crippen LogP contribution in [-0.2, 0) is 13.1 Å². The summed E-state index contributed by atoms with van der Waals surface area (Å²) in [6.45, 7) is 4.93. The van der Waals surface area contributed by atoms with E-state index in [0.717, 1.165) is 17.7 Å². The highest BCUT2D eigenvalue weighted by atomic mass is 35.5. The van der Waals surface area contributed by atoms with E-state index in [1.54, 1.807) is 16.9 Å². The summed E-state index contributed by atoms with van der Waals surface area (Å²) in [4.78, 5) is 12.2. The highest BCUT2D eigenvalue weighted by Gasteiger charge is 2.15. The van der Waals surface area contributed by atoms with Crippen molar-refractivity contribution in [1.29, 1.82) is 0 Å². The fourth-order valence-corrected chi connectivity index (χ4v) is 2.43. The van der Waals surface area contributed by atoms with Crippen molar-refractivity contribution >= 4 is 17.5 Å². The van der Waals surface area contributed by atoms with Gasteiger partial charge in [-0.3, -0.25) is 9.48 Å². The lowest BCUT2D eigenvalue weighted by atomic mass is 10.1. The van der Waals surface area contributed by atoms with Gasteiger partial charge in [-0.15, -0.1) is 0 Å². The first-order chi connectivity index (χ1) is 11.6. The third-order valence-electron chi connectivity index (χ3n) is 3.61. The second-order valence-corrected chi connectivity index (χ2v) is 5.81. The molecule has 2 aromatic heterocycles. The van der Waals surface area contributed by atoms with Crippen LogP contribution in [-0.4, -0.2) is 20.8 Å². The topological polar surface area (TPSA) is 73.0 Å². The number of carbonyl (C=O) groups excluding carboxylic acids is 1. The molecule has 0 aliphatic rings. The van der Waals surface area contributed by atoms with Crippen molar-refractivity contribution < 1.29 is 9.32 Å². The number of hydrogen-bond acceptors (Lipinski definition) is 4. The van der Waals surface area contributed by atoms with Crippen LogP contribution in [0.1, 0.15) is 28.7 Å². The molecule has 0 spiro atoms. The largest absolute Gasteiger partial charge is 0.355 e. The van der Waals surface area contributed by atoms with Gasteiger partial charge in [-0.25, -0.2) is 0 Å². The van der Waals surface area contributed by atoms with Gasteiger partial charge in [-0.2, -0.15) is 5.10 Å². The van der Waals surface area contributed by atoms with Crippen molar-refractivity contribution in [2.45, 2.75) is 26.9 Å². The molecule has 1 aromatic carbocycles. The average Bonchev–Trinajstić information content (AvgIpc) is 3.20. The number of hydrogen-bond donors (Lipinski definition) is 1. The Balaban J connectivity index is 1.67. The second kappa shape index (κ2) is 6.88. The molecule has 2 heterocycles. The van der Waals surface area contributed by atoms with E-state index in [-0.39, 0.29) is 18.1 Å². The summed E-state index contributed by atoms with van der Waals surface area (Å²) in [6.07, 6.45) is 1.73. The first kappa shape index (κ1) is 16.3. The van der Waals surface area contributed by atoms with Crippen LogP contribution in [0.3, 0.4) is 0 Å². The molecule has 3 rings (SSSR count). The van der Waals surface area contributed by atoms with E-state index in [1.807, 2.05) is 38.1 Å². The number of rotatable bonds is 5. The number of aromatic nitrogens is 3. The van der Waals surface area contributed by atoms with Gasteiger partial charge >= 0.3 is 0 Å². The number of aryl methyl sites for hydroxylation is 2. The van der Waals surface area contributed by atoms with Gasteiger partial charge in [0.05, 0.1) is 11.6 Å². The monoisotopic (exact) mass is 344 g/mol. The fourth-order valence-electron chi connectivity index (χ4n) is 2.21. The number of benzene rings is 1. The van der Waals surface area contributed by atoms with Gasteiger partial charge in [-0.1, -0.05) is 46.6 Å². The molecule has 3 aromatic rings. The van der Waals surface area contributed by atoms with Crippen molar-refractivity contribution in [3.63, 3.8) is 0 Å². The summed E-state index contributed by atoms with van der Waals surface area (Å²) in [6, 6.07) is 9.42. The van der Waals surface area contributed by atoms with Gasteiger partial charge in [0.2, 0.25) is 0 Å². The third-order valence-corrected chi connectivity index (χ3v) is 3.92. The first-order valence-corrected chi connectivity index (χ1v) is 7.98. The van der Waals surface area contributed by atoms with Gasteiger partial charge in [0.1, 0.15) is 5.69 Å². The van der Waals surface area contributed by atoms with Gasteiger partial charge in [-0.05, 0) is 13.8 Å². The molecule has 6 nitrogen and oxygen atoms in total. The van der Waals surface area contributed by atoms with Crippen molar-refractivity contribution in [3.8, 4) is 11.3 Å². The third kappa shape index (κ3) is 3.49. The predicted molar refractivity (Wildman–Crippen MR) is 90.8 cm³/mol. The Hall–Kier alpha value is -2.60. The molecule has 0 saturated heterocycles. The smallest absolute Gasteiger partial charge is 0.273 e. The molecule has 124 valence electrons. The summed E-state index contributed by atoms with van der Waals surface area (Å²) >= 11 is 6.08. The molecule has 0 unspecified atom stereocenters. The van der Waals surface area contributed by atoms with Crippen LogP contribution in [0.25, 0.3) is 11.3 Å². The molecule has 0 fully saturated rings. The molecule has 0 aliphatic carbocycles. The van der Waals surface area contributed by atoms with Crippen LogP contribution in [0.4, 0.5) is 0 Å². The SMILES string of the molecule is CCn1cc(Cl)c(CNC(=O)c2cc(-c3ccc(C)cc3)on2)n1. The predicted octanol–water partition coefficient (Wildman–Crippen LogP) is 3.45. The number of nitrogens with one attached hydrogen (secondary N) is 1. The number of nitrogens with zero attached hydrogens (tertiary/aromatic N) is 3. The number of amides is 1. The Labute approximate surface area is 144 Å². The standard InChI is InChI=1S/C17H17ClN4O2/c1-3-22-10-13(18)15(20-22)9-19-17(23)14-8-16(24-21-14)12-6-4-11(2)5-7-12/h4-8,10H,3,9H2,1-2H3,(H,19,23). The van der Waals surface area contributed by atoms with Crippen LogP contribution in [0, 0.1) is 6.92 Å². The minimum atomic E-state index is -0.334. The zero-order chi connectivity index (χ0) is 17.1. The Morgan fingerprint density at radius 2 is 2.08 bits per heavy atom. The molecular formula is C17H17ClN4O2. The van der Waals surface area contributed by atoms with E-state index in [0.29, 0.717) is 16.5 Å². The molecule has 0 saturated carbocycles. The number of halogens is 1. The lowest BCUT2D eigenvalue weighted by Gasteiger charge is -2.00. The van der Waals surface area contributed by atoms with Gasteiger partial charge < -0.3 is 9.84 Å². The van der Waals surface area contributed by atoms with E-state index in [9.17, 15) is 4.79 Å². The van der Waals surface area contributed by atoms with Crippen molar-refractivity contribution in [2.75, 3.05) is 0 Å². The summed E-state index contributed by atoms with van der Waals surface area (Å²) in [5.41, 5.74) is 2.86. The minimum absolute atomic E-state index is 0.219. The molecule has 0 bridgehead atoms. The van der Waals surface area contributed by atoms with E-state index in [2.05, 4.69) is 15.6 Å². The minimum Gasteiger partial charge on any atom is -0.355 e. The lowest BCUT2D eigenvalue weighted by Crippen LogP contribution is -2.23. The zero-order valence-electron chi connectivity index (χ0n) is 13.4. The van der Waals surface area contributed by atoms with Crippen molar-refractivity contribution in [3.05, 3.63) is 58.5 Å². The van der Waals surface area contributed by atoms with E-state index < -0.39 is 0 Å². The quantitative estimate of drug-likeness (QED) is 0.769.